The lowest BCUT2D eigenvalue weighted by Gasteiger charge is -2.39. The minimum Gasteiger partial charge on any atom is -0.378 e. The van der Waals surface area contributed by atoms with Crippen LogP contribution in [-0.4, -0.2) is 78.4 Å². The van der Waals surface area contributed by atoms with Crippen LogP contribution in [0.3, 0.4) is 0 Å². The molecule has 1 saturated carbocycles. The molecule has 0 radical (unpaired) electrons. The molecule has 1 aliphatic heterocycles. The van der Waals surface area contributed by atoms with Crippen molar-refractivity contribution in [3.63, 3.8) is 0 Å². The topological polar surface area (TPSA) is 146 Å². The Morgan fingerprint density at radius 1 is 0.952 bits per heavy atom. The first-order valence-electron chi connectivity index (χ1n) is 15.3. The van der Waals surface area contributed by atoms with Crippen LogP contribution in [-0.2, 0) is 30.5 Å². The Balaban J connectivity index is 1.69. The van der Waals surface area contributed by atoms with Crippen LogP contribution in [0.2, 0.25) is 0 Å². The summed E-state index contributed by atoms with van der Waals surface area (Å²) in [5, 5.41) is 11.2. The van der Waals surface area contributed by atoms with Crippen molar-refractivity contribution in [3.8, 4) is 0 Å². The Kier molecular flexibility index (Phi) is 12.8. The van der Waals surface area contributed by atoms with E-state index in [1.165, 1.54) is 0 Å². The molecule has 11 heteroatoms. The Morgan fingerprint density at radius 3 is 2.24 bits per heavy atom. The number of ketones is 1. The molecular weight excluding hydrogens is 538 g/mol. The van der Waals surface area contributed by atoms with Gasteiger partial charge in [-0.2, -0.15) is 0 Å². The van der Waals surface area contributed by atoms with Crippen molar-refractivity contribution < 1.29 is 28.7 Å². The molecule has 5 amide bonds. The Labute approximate surface area is 248 Å². The van der Waals surface area contributed by atoms with Crippen LogP contribution < -0.4 is 21.3 Å². The van der Waals surface area contributed by atoms with E-state index in [0.29, 0.717) is 52.1 Å². The number of hydrogen-bond donors (Lipinski definition) is 4. The third-order valence-corrected chi connectivity index (χ3v) is 8.02. The predicted molar refractivity (Wildman–Crippen MR) is 158 cm³/mol. The zero-order chi connectivity index (χ0) is 30.5. The summed E-state index contributed by atoms with van der Waals surface area (Å²) in [7, 11) is 0. The maximum Gasteiger partial charge on any atom is 0.318 e. The van der Waals surface area contributed by atoms with Crippen molar-refractivity contribution in [3.05, 3.63) is 35.9 Å². The van der Waals surface area contributed by atoms with Crippen LogP contribution in [0.5, 0.6) is 0 Å². The lowest BCUT2D eigenvalue weighted by atomic mass is 9.80. The summed E-state index contributed by atoms with van der Waals surface area (Å²) in [6, 6.07) is 7.08. The minimum absolute atomic E-state index is 0.272. The second-order valence-corrected chi connectivity index (χ2v) is 11.6. The van der Waals surface area contributed by atoms with Crippen molar-refractivity contribution in [2.24, 2.45) is 5.92 Å². The molecule has 0 aromatic heterocycles. The number of amides is 5. The second-order valence-electron chi connectivity index (χ2n) is 11.6. The van der Waals surface area contributed by atoms with Crippen LogP contribution in [0.25, 0.3) is 0 Å². The van der Waals surface area contributed by atoms with Gasteiger partial charge in [0.25, 0.3) is 5.91 Å². The van der Waals surface area contributed by atoms with Gasteiger partial charge in [0.1, 0.15) is 11.6 Å². The van der Waals surface area contributed by atoms with Crippen molar-refractivity contribution in [1.29, 1.82) is 0 Å². The van der Waals surface area contributed by atoms with Gasteiger partial charge in [-0.3, -0.25) is 19.2 Å². The zero-order valence-corrected chi connectivity index (χ0v) is 25.2. The number of unbranched alkanes of at least 4 members (excludes halogenated alkanes) is 1. The Bertz CT molecular complexity index is 1070. The normalized spacial score (nSPS) is 18.0. The minimum atomic E-state index is -1.16. The van der Waals surface area contributed by atoms with Gasteiger partial charge in [-0.05, 0) is 30.7 Å². The average molecular weight is 586 g/mol. The molecule has 2 fully saturated rings. The smallest absolute Gasteiger partial charge is 0.318 e. The monoisotopic (exact) mass is 585 g/mol. The Morgan fingerprint density at radius 2 is 1.62 bits per heavy atom. The highest BCUT2D eigenvalue weighted by Crippen LogP contribution is 2.29. The van der Waals surface area contributed by atoms with Gasteiger partial charge in [0.05, 0.1) is 19.3 Å². The molecule has 0 bridgehead atoms. The fourth-order valence-corrected chi connectivity index (χ4v) is 5.39. The van der Waals surface area contributed by atoms with E-state index in [-0.39, 0.29) is 18.4 Å². The summed E-state index contributed by atoms with van der Waals surface area (Å²) in [5.41, 5.74) is -0.248. The van der Waals surface area contributed by atoms with E-state index in [9.17, 15) is 24.0 Å². The molecule has 2 unspecified atom stereocenters. The van der Waals surface area contributed by atoms with Gasteiger partial charge in [0, 0.05) is 19.6 Å². The van der Waals surface area contributed by atoms with E-state index in [1.807, 2.05) is 37.3 Å². The van der Waals surface area contributed by atoms with Gasteiger partial charge in [0.15, 0.2) is 0 Å². The lowest BCUT2D eigenvalue weighted by Crippen LogP contribution is -2.65. The number of carbonyl (C=O) groups excluding carboxylic acids is 5. The van der Waals surface area contributed by atoms with Crippen molar-refractivity contribution in [2.75, 3.05) is 26.3 Å². The number of urea groups is 1. The number of Topliss-reactive ketones (excluding diaryl/α,β-unsaturated/α-hetero) is 1. The highest BCUT2D eigenvalue weighted by atomic mass is 16.5. The maximum absolute atomic E-state index is 13.8. The molecule has 1 aliphatic carbocycles. The Hall–Kier alpha value is -3.47. The third-order valence-electron chi connectivity index (χ3n) is 8.02. The van der Waals surface area contributed by atoms with E-state index in [4.69, 9.17) is 4.74 Å². The number of ether oxygens (including phenoxy) is 1. The summed E-state index contributed by atoms with van der Waals surface area (Å²) in [4.78, 5) is 68.1. The average Bonchev–Trinajstić information content (AvgIpc) is 3.01. The SMILES string of the molecule is CCCCC(NC(=O)C1(NC(=O)N2CCOCC2)CCCCC1)C(=O)C(=O)NC(C(=O)NCc1ccccc1)C(C)C. The van der Waals surface area contributed by atoms with Crippen molar-refractivity contribution in [2.45, 2.75) is 96.3 Å². The molecule has 2 aliphatic rings. The van der Waals surface area contributed by atoms with E-state index in [0.717, 1.165) is 31.2 Å². The summed E-state index contributed by atoms with van der Waals surface area (Å²) in [5.74, 6) is -2.84. The molecule has 1 aromatic rings. The quantitative estimate of drug-likeness (QED) is 0.262. The summed E-state index contributed by atoms with van der Waals surface area (Å²) in [6.45, 7) is 7.60. The molecule has 232 valence electrons. The summed E-state index contributed by atoms with van der Waals surface area (Å²) >= 11 is 0. The van der Waals surface area contributed by atoms with Gasteiger partial charge in [0.2, 0.25) is 17.6 Å². The standard InChI is InChI=1S/C31H47N5O6/c1-4-5-14-24(26(37)28(39)34-25(22(2)3)27(38)32-21-23-12-8-6-9-13-23)33-29(40)31(15-10-7-11-16-31)35-30(41)36-17-19-42-20-18-36/h6,8-9,12-13,22,24-25H,4-5,7,10-11,14-21H2,1-3H3,(H,32,38)(H,33,40)(H,34,39)(H,35,41). The van der Waals surface area contributed by atoms with Gasteiger partial charge in [-0.15, -0.1) is 0 Å². The molecule has 11 nitrogen and oxygen atoms in total. The van der Waals surface area contributed by atoms with E-state index in [1.54, 1.807) is 18.7 Å². The number of benzene rings is 1. The van der Waals surface area contributed by atoms with Gasteiger partial charge in [-0.1, -0.05) is 83.2 Å². The first-order valence-corrected chi connectivity index (χ1v) is 15.3. The van der Waals surface area contributed by atoms with Crippen LogP contribution in [0, 0.1) is 5.92 Å². The van der Waals surface area contributed by atoms with Gasteiger partial charge in [-0.25, -0.2) is 4.79 Å². The molecule has 4 N–H and O–H groups in total. The first-order chi connectivity index (χ1) is 20.2. The molecule has 0 spiro atoms. The van der Waals surface area contributed by atoms with E-state index in [2.05, 4.69) is 21.3 Å². The number of nitrogens with zero attached hydrogens (tertiary/aromatic N) is 1. The molecule has 1 saturated heterocycles. The fraction of sp³-hybridized carbons (Fsp3) is 0.645. The number of carbonyl (C=O) groups is 5. The van der Waals surface area contributed by atoms with Crippen molar-refractivity contribution in [1.82, 2.24) is 26.2 Å². The molecule has 1 heterocycles. The number of rotatable bonds is 13. The number of hydrogen-bond acceptors (Lipinski definition) is 6. The van der Waals surface area contributed by atoms with Crippen LogP contribution in [0.1, 0.15) is 77.7 Å². The van der Waals surface area contributed by atoms with E-state index < -0.39 is 41.1 Å². The molecule has 3 rings (SSSR count). The summed E-state index contributed by atoms with van der Waals surface area (Å²) < 4.78 is 5.34. The van der Waals surface area contributed by atoms with Crippen molar-refractivity contribution >= 4 is 29.5 Å². The highest BCUT2D eigenvalue weighted by molar-refractivity contribution is 6.38. The van der Waals surface area contributed by atoms with Gasteiger partial charge >= 0.3 is 6.03 Å². The molecule has 2 atom stereocenters. The predicted octanol–water partition coefficient (Wildman–Crippen LogP) is 2.43. The summed E-state index contributed by atoms with van der Waals surface area (Å²) in [6.07, 6.45) is 5.02. The van der Waals surface area contributed by atoms with Crippen LogP contribution in [0.4, 0.5) is 4.79 Å². The van der Waals surface area contributed by atoms with E-state index >= 15 is 0 Å². The fourth-order valence-electron chi connectivity index (χ4n) is 5.39. The van der Waals surface area contributed by atoms with Gasteiger partial charge < -0.3 is 30.9 Å². The highest BCUT2D eigenvalue weighted by Gasteiger charge is 2.43. The first kappa shape index (κ1) is 33.0. The largest absolute Gasteiger partial charge is 0.378 e. The maximum atomic E-state index is 13.8. The zero-order valence-electron chi connectivity index (χ0n) is 25.2. The lowest BCUT2D eigenvalue weighted by molar-refractivity contribution is -0.142. The third kappa shape index (κ3) is 9.27. The van der Waals surface area contributed by atoms with Crippen LogP contribution in [0.15, 0.2) is 30.3 Å². The number of morpholine rings is 1. The molecule has 1 aromatic carbocycles. The molecular formula is C31H47N5O6. The van der Waals surface area contributed by atoms with Crippen LogP contribution >= 0.6 is 0 Å². The number of nitrogens with one attached hydrogen (secondary N) is 4. The molecule has 42 heavy (non-hydrogen) atoms. The second kappa shape index (κ2) is 16.2.